The molecule has 0 aromatic heterocycles. The molecule has 1 saturated heterocycles. The summed E-state index contributed by atoms with van der Waals surface area (Å²) in [6.45, 7) is 4.92. The van der Waals surface area contributed by atoms with E-state index in [4.69, 9.17) is 16.3 Å². The van der Waals surface area contributed by atoms with Crippen LogP contribution in [0, 0.1) is 5.92 Å². The Kier molecular flexibility index (Phi) is 3.70. The Morgan fingerprint density at radius 1 is 1.42 bits per heavy atom. The Hall–Kier alpha value is -0.770. The SMILES string of the molecule is CC1CCCN(C2COc3ccc(Cl)cc3C2O)C1. The predicted molar refractivity (Wildman–Crippen MR) is 75.7 cm³/mol. The van der Waals surface area contributed by atoms with Gasteiger partial charge in [0.05, 0.1) is 6.04 Å². The highest BCUT2D eigenvalue weighted by Gasteiger charge is 2.35. The molecule has 1 aromatic rings. The number of hydrogen-bond acceptors (Lipinski definition) is 3. The molecule has 19 heavy (non-hydrogen) atoms. The molecule has 1 fully saturated rings. The van der Waals surface area contributed by atoms with Crippen LogP contribution in [0.4, 0.5) is 0 Å². The highest BCUT2D eigenvalue weighted by molar-refractivity contribution is 6.30. The zero-order valence-corrected chi connectivity index (χ0v) is 11.9. The van der Waals surface area contributed by atoms with Crippen molar-refractivity contribution in [2.24, 2.45) is 5.92 Å². The molecule has 0 radical (unpaired) electrons. The van der Waals surface area contributed by atoms with E-state index in [2.05, 4.69) is 11.8 Å². The fraction of sp³-hybridized carbons (Fsp3) is 0.600. The minimum absolute atomic E-state index is 0.0497. The minimum atomic E-state index is -0.507. The molecule has 1 aromatic carbocycles. The van der Waals surface area contributed by atoms with Crippen molar-refractivity contribution in [2.45, 2.75) is 31.9 Å². The van der Waals surface area contributed by atoms with E-state index < -0.39 is 6.10 Å². The Morgan fingerprint density at radius 2 is 2.26 bits per heavy atom. The van der Waals surface area contributed by atoms with E-state index in [0.29, 0.717) is 17.5 Å². The molecule has 2 aliphatic heterocycles. The van der Waals surface area contributed by atoms with Crippen molar-refractivity contribution >= 4 is 11.6 Å². The number of likely N-dealkylation sites (tertiary alicyclic amines) is 1. The topological polar surface area (TPSA) is 32.7 Å². The standard InChI is InChI=1S/C15H20ClNO2/c1-10-3-2-6-17(8-10)13-9-19-14-5-4-11(16)7-12(14)15(13)18/h4-5,7,10,13,15,18H,2-3,6,8-9H2,1H3. The maximum atomic E-state index is 10.6. The molecule has 3 unspecified atom stereocenters. The second-order valence-electron chi connectivity index (χ2n) is 5.75. The number of aliphatic hydroxyl groups is 1. The van der Waals surface area contributed by atoms with Crippen molar-refractivity contribution in [3.63, 3.8) is 0 Å². The number of rotatable bonds is 1. The van der Waals surface area contributed by atoms with E-state index in [1.54, 1.807) is 6.07 Å². The van der Waals surface area contributed by atoms with Crippen LogP contribution >= 0.6 is 11.6 Å². The molecule has 0 spiro atoms. The van der Waals surface area contributed by atoms with Gasteiger partial charge in [-0.05, 0) is 43.5 Å². The lowest BCUT2D eigenvalue weighted by Crippen LogP contribution is -2.49. The Labute approximate surface area is 119 Å². The largest absolute Gasteiger partial charge is 0.491 e. The van der Waals surface area contributed by atoms with Gasteiger partial charge in [-0.3, -0.25) is 4.90 Å². The zero-order valence-electron chi connectivity index (χ0n) is 11.2. The summed E-state index contributed by atoms with van der Waals surface area (Å²) in [5.41, 5.74) is 0.821. The Balaban J connectivity index is 1.82. The first kappa shape index (κ1) is 13.2. The smallest absolute Gasteiger partial charge is 0.125 e. The molecule has 2 heterocycles. The predicted octanol–water partition coefficient (Wildman–Crippen LogP) is 2.87. The molecule has 0 aliphatic carbocycles. The summed E-state index contributed by atoms with van der Waals surface area (Å²) < 4.78 is 5.79. The lowest BCUT2D eigenvalue weighted by Gasteiger charge is -2.41. The maximum absolute atomic E-state index is 10.6. The number of ether oxygens (including phenoxy) is 1. The number of aliphatic hydroxyl groups excluding tert-OH is 1. The first-order valence-corrected chi connectivity index (χ1v) is 7.37. The summed E-state index contributed by atoms with van der Waals surface area (Å²) in [6.07, 6.45) is 1.97. The van der Waals surface area contributed by atoms with Crippen molar-refractivity contribution < 1.29 is 9.84 Å². The molecule has 3 rings (SSSR count). The number of piperidine rings is 1. The summed E-state index contributed by atoms with van der Waals surface area (Å²) in [5.74, 6) is 1.46. The van der Waals surface area contributed by atoms with Crippen molar-refractivity contribution in [3.8, 4) is 5.75 Å². The number of fused-ring (bicyclic) bond motifs is 1. The van der Waals surface area contributed by atoms with Gasteiger partial charge >= 0.3 is 0 Å². The summed E-state index contributed by atoms with van der Waals surface area (Å²) in [4.78, 5) is 2.36. The van der Waals surface area contributed by atoms with Crippen LogP contribution in [0.1, 0.15) is 31.4 Å². The van der Waals surface area contributed by atoms with Gasteiger partial charge in [-0.1, -0.05) is 18.5 Å². The lowest BCUT2D eigenvalue weighted by atomic mass is 9.93. The van der Waals surface area contributed by atoms with Gasteiger partial charge in [0.2, 0.25) is 0 Å². The second-order valence-corrected chi connectivity index (χ2v) is 6.18. The number of hydrogen-bond donors (Lipinski definition) is 1. The summed E-state index contributed by atoms with van der Waals surface area (Å²) in [5, 5.41) is 11.3. The van der Waals surface area contributed by atoms with Gasteiger partial charge in [0.15, 0.2) is 0 Å². The fourth-order valence-corrected chi connectivity index (χ4v) is 3.37. The quantitative estimate of drug-likeness (QED) is 0.859. The van der Waals surface area contributed by atoms with Crippen LogP contribution in [0.5, 0.6) is 5.75 Å². The highest BCUT2D eigenvalue weighted by Crippen LogP contribution is 2.37. The van der Waals surface area contributed by atoms with Crippen LogP contribution in [-0.2, 0) is 0 Å². The maximum Gasteiger partial charge on any atom is 0.125 e. The van der Waals surface area contributed by atoms with Crippen LogP contribution in [0.25, 0.3) is 0 Å². The van der Waals surface area contributed by atoms with Gasteiger partial charge in [0.1, 0.15) is 18.5 Å². The van der Waals surface area contributed by atoms with E-state index >= 15 is 0 Å². The molecule has 2 aliphatic rings. The van der Waals surface area contributed by atoms with Gasteiger partial charge in [0.25, 0.3) is 0 Å². The molecule has 0 saturated carbocycles. The third kappa shape index (κ3) is 2.60. The van der Waals surface area contributed by atoms with E-state index in [-0.39, 0.29) is 6.04 Å². The normalized spacial score (nSPS) is 31.6. The summed E-state index contributed by atoms with van der Waals surface area (Å²) in [6, 6.07) is 5.52. The molecule has 3 atom stereocenters. The minimum Gasteiger partial charge on any atom is -0.491 e. The van der Waals surface area contributed by atoms with Crippen LogP contribution in [0.15, 0.2) is 18.2 Å². The van der Waals surface area contributed by atoms with Crippen molar-refractivity contribution in [1.82, 2.24) is 4.90 Å². The monoisotopic (exact) mass is 281 g/mol. The molecule has 0 amide bonds. The van der Waals surface area contributed by atoms with E-state index in [1.807, 2.05) is 12.1 Å². The third-order valence-corrected chi connectivity index (χ3v) is 4.46. The Morgan fingerprint density at radius 3 is 3.05 bits per heavy atom. The van der Waals surface area contributed by atoms with Crippen molar-refractivity contribution in [2.75, 3.05) is 19.7 Å². The molecular formula is C15H20ClNO2. The van der Waals surface area contributed by atoms with E-state index in [9.17, 15) is 5.11 Å². The second kappa shape index (κ2) is 5.31. The van der Waals surface area contributed by atoms with Crippen molar-refractivity contribution in [3.05, 3.63) is 28.8 Å². The molecule has 104 valence electrons. The van der Waals surface area contributed by atoms with Crippen LogP contribution in [-0.4, -0.2) is 35.7 Å². The van der Waals surface area contributed by atoms with Gasteiger partial charge in [0, 0.05) is 17.1 Å². The Bertz CT molecular complexity index is 465. The van der Waals surface area contributed by atoms with E-state index in [1.165, 1.54) is 12.8 Å². The molecule has 0 bridgehead atoms. The summed E-state index contributed by atoms with van der Waals surface area (Å²) >= 11 is 6.02. The first-order chi connectivity index (χ1) is 9.15. The van der Waals surface area contributed by atoms with Gasteiger partial charge in [-0.2, -0.15) is 0 Å². The molecule has 4 heteroatoms. The first-order valence-electron chi connectivity index (χ1n) is 6.99. The van der Waals surface area contributed by atoms with E-state index in [0.717, 1.165) is 24.4 Å². The van der Waals surface area contributed by atoms with Gasteiger partial charge < -0.3 is 9.84 Å². The van der Waals surface area contributed by atoms with Crippen LogP contribution in [0.3, 0.4) is 0 Å². The molecule has 3 nitrogen and oxygen atoms in total. The molecule has 1 N–H and O–H groups in total. The van der Waals surface area contributed by atoms with Gasteiger partial charge in [-0.15, -0.1) is 0 Å². The highest BCUT2D eigenvalue weighted by atomic mass is 35.5. The number of benzene rings is 1. The van der Waals surface area contributed by atoms with Crippen molar-refractivity contribution in [1.29, 1.82) is 0 Å². The number of nitrogens with zero attached hydrogens (tertiary/aromatic N) is 1. The van der Waals surface area contributed by atoms with Gasteiger partial charge in [-0.25, -0.2) is 0 Å². The van der Waals surface area contributed by atoms with Crippen LogP contribution in [0.2, 0.25) is 5.02 Å². The molecular weight excluding hydrogens is 262 g/mol. The average molecular weight is 282 g/mol. The average Bonchev–Trinajstić information content (AvgIpc) is 2.40. The summed E-state index contributed by atoms with van der Waals surface area (Å²) in [7, 11) is 0. The van der Waals surface area contributed by atoms with Crippen LogP contribution < -0.4 is 4.74 Å². The fourth-order valence-electron chi connectivity index (χ4n) is 3.19. The zero-order chi connectivity index (χ0) is 13.4. The number of halogens is 1. The third-order valence-electron chi connectivity index (χ3n) is 4.22. The lowest BCUT2D eigenvalue weighted by molar-refractivity contribution is -0.0126.